The number of halogens is 11. The van der Waals surface area contributed by atoms with Gasteiger partial charge in [0.25, 0.3) is 45.9 Å². The van der Waals surface area contributed by atoms with Crippen molar-refractivity contribution in [3.05, 3.63) is 270 Å². The van der Waals surface area contributed by atoms with E-state index < -0.39 is 209 Å². The fraction of sp³-hybridized carbons (Fsp3) is 0.489. The summed E-state index contributed by atoms with van der Waals surface area (Å²) in [5, 5.41) is 104. The summed E-state index contributed by atoms with van der Waals surface area (Å²) < 4.78 is 178. The number of benzene rings is 4. The SMILES string of the molecule is C.Cc1cn([C@H]2C[C@H](O)[C@@H](CO)O2)c(=O)n(CCOCCNC(=O)c2ccc(F)c(C#N)c2)c1=O.Cc1cn([C@H]2C[C@H](O)[C@@H](CO)O2)c(=O)n(CCOCCNC(=O)c2ccc(F)c(C(F)(F)F)c2)c1=O.Cc1cn([C@H]2C[C@H](O)[C@@H](CO)O2)c(=O)n(CCOCCNC(=O)c2ccc(F)cc2Cl)c1=O.N#Cc1cc(C(=O)NCCCCCCn2c(=O)c(C(F)(F)F)cn([C@H]3C[C@H](O)[C@@H](CO)O3)c2=O)ccc1F. The van der Waals surface area contributed by atoms with Crippen LogP contribution in [0, 0.1) is 66.7 Å². The molecular weight excluding hydrogens is 1930 g/mol. The molecule has 0 unspecified atom stereocenters. The molecule has 0 saturated carbocycles. The number of aryl methyl sites for hydroxylation is 3. The van der Waals surface area contributed by atoms with E-state index in [0.29, 0.717) is 57.9 Å². The quantitative estimate of drug-likeness (QED) is 0.0196. The van der Waals surface area contributed by atoms with Gasteiger partial charge >= 0.3 is 35.1 Å². The van der Waals surface area contributed by atoms with Gasteiger partial charge in [0.05, 0.1) is 137 Å². The highest BCUT2D eigenvalue weighted by Crippen LogP contribution is 2.35. The Morgan fingerprint density at radius 2 is 0.725 bits per heavy atom. The van der Waals surface area contributed by atoms with E-state index in [9.17, 15) is 142 Å². The van der Waals surface area contributed by atoms with Crippen LogP contribution >= 0.6 is 11.6 Å². The highest BCUT2D eigenvalue weighted by atomic mass is 35.5. The first-order valence-electron chi connectivity index (χ1n) is 43.7. The van der Waals surface area contributed by atoms with Crippen LogP contribution in [0.1, 0.15) is 164 Å². The van der Waals surface area contributed by atoms with Crippen molar-refractivity contribution in [3.8, 4) is 12.1 Å². The highest BCUT2D eigenvalue weighted by molar-refractivity contribution is 6.33. The molecule has 0 aliphatic carbocycles. The smallest absolute Gasteiger partial charge is 0.394 e. The number of carbonyl (C=O) groups is 4. The average Bonchev–Trinajstić information content (AvgIpc) is 1.36. The zero-order valence-corrected chi connectivity index (χ0v) is 76.3. The molecule has 4 amide bonds. The zero-order valence-electron chi connectivity index (χ0n) is 75.5. The summed E-state index contributed by atoms with van der Waals surface area (Å²) in [6.45, 7) is 2.73. The van der Waals surface area contributed by atoms with Crippen LogP contribution in [0.2, 0.25) is 5.02 Å². The van der Waals surface area contributed by atoms with E-state index in [-0.39, 0.29) is 182 Å². The first-order valence-corrected chi connectivity index (χ1v) is 44.0. The molecule has 4 aliphatic heterocycles. The number of nitriles is 2. The van der Waals surface area contributed by atoms with Crippen LogP contribution < -0.4 is 66.3 Å². The lowest BCUT2D eigenvalue weighted by molar-refractivity contribution is -0.140. The molecule has 4 fully saturated rings. The number of aromatic nitrogens is 8. The van der Waals surface area contributed by atoms with Gasteiger partial charge in [0.1, 0.15) is 90.3 Å². The van der Waals surface area contributed by atoms with Gasteiger partial charge in [-0.05, 0) is 106 Å². The molecule has 12 N–H and O–H groups in total. The molecule has 4 aromatic carbocycles. The number of amides is 4. The minimum absolute atomic E-state index is 0. The number of nitrogens with one attached hydrogen (secondary N) is 4. The third-order valence-corrected chi connectivity index (χ3v) is 22.7. The molecule has 12 atom stereocenters. The molecule has 4 aromatic heterocycles. The molecule has 4 aliphatic rings. The van der Waals surface area contributed by atoms with Gasteiger partial charge in [0, 0.05) is 117 Å². The number of unbranched alkanes of at least 4 members (excludes halogenated alkanes) is 3. The maximum absolute atomic E-state index is 13.5. The van der Waals surface area contributed by atoms with E-state index >= 15 is 0 Å². The maximum Gasteiger partial charge on any atom is 0.423 e. The first-order chi connectivity index (χ1) is 66.9. The lowest BCUT2D eigenvalue weighted by Gasteiger charge is -2.19. The van der Waals surface area contributed by atoms with Crippen LogP contribution in [-0.4, -0.2) is 242 Å². The predicted octanol–water partition coefficient (Wildman–Crippen LogP) is 2.49. The van der Waals surface area contributed by atoms with Crippen LogP contribution in [0.3, 0.4) is 0 Å². The van der Waals surface area contributed by atoms with Crippen molar-refractivity contribution in [2.24, 2.45) is 0 Å². The number of rotatable bonds is 37. The van der Waals surface area contributed by atoms with Crippen molar-refractivity contribution in [3.63, 3.8) is 0 Å². The van der Waals surface area contributed by atoms with E-state index in [1.54, 1.807) is 26.0 Å². The van der Waals surface area contributed by atoms with E-state index in [4.69, 9.17) is 55.3 Å². The van der Waals surface area contributed by atoms with Crippen molar-refractivity contribution in [2.45, 2.75) is 192 Å². The molecule has 12 rings (SSSR count). The summed E-state index contributed by atoms with van der Waals surface area (Å²) in [7, 11) is 0. The Labute approximate surface area is 804 Å². The van der Waals surface area contributed by atoms with Crippen molar-refractivity contribution in [1.29, 1.82) is 10.5 Å². The Hall–Kier alpha value is -12.6. The van der Waals surface area contributed by atoms with Crippen molar-refractivity contribution in [2.75, 3.05) is 92.2 Å². The number of aliphatic hydroxyl groups excluding tert-OH is 8. The summed E-state index contributed by atoms with van der Waals surface area (Å²) in [4.78, 5) is 149. The summed E-state index contributed by atoms with van der Waals surface area (Å²) in [6, 6.07) is 15.5. The summed E-state index contributed by atoms with van der Waals surface area (Å²) in [6.07, 6.45) is -15.2. The fourth-order valence-corrected chi connectivity index (χ4v) is 15.1. The summed E-state index contributed by atoms with van der Waals surface area (Å²) in [5.41, 5.74) is -8.72. The molecular formula is C90H105ClF10N14O27. The maximum atomic E-state index is 13.5. The van der Waals surface area contributed by atoms with Gasteiger partial charge < -0.3 is 95.3 Å². The third-order valence-electron chi connectivity index (χ3n) is 22.4. The third kappa shape index (κ3) is 30.0. The van der Waals surface area contributed by atoms with Gasteiger partial charge in [-0.1, -0.05) is 31.9 Å². The van der Waals surface area contributed by atoms with Gasteiger partial charge in [-0.2, -0.15) is 36.9 Å². The Morgan fingerprint density at radius 3 is 1.06 bits per heavy atom. The predicted molar refractivity (Wildman–Crippen MR) is 478 cm³/mol. The second-order valence-electron chi connectivity index (χ2n) is 32.2. The van der Waals surface area contributed by atoms with Gasteiger partial charge in [0.2, 0.25) is 0 Å². The Bertz CT molecular complexity index is 6360. The molecule has 41 nitrogen and oxygen atoms in total. The number of aliphatic hydroxyl groups is 8. The number of nitrogens with zero attached hydrogens (tertiary/aromatic N) is 10. The molecule has 8 aromatic rings. The molecule has 4 saturated heterocycles. The number of carbonyl (C=O) groups excluding carboxylic acids is 4. The Morgan fingerprint density at radius 1 is 0.408 bits per heavy atom. The monoisotopic (exact) mass is 2040 g/mol. The average molecular weight is 2040 g/mol. The Balaban J connectivity index is 0.000000231. The summed E-state index contributed by atoms with van der Waals surface area (Å²) >= 11 is 5.85. The fourth-order valence-electron chi connectivity index (χ4n) is 14.8. The highest BCUT2D eigenvalue weighted by Gasteiger charge is 2.43. The second kappa shape index (κ2) is 53.0. The molecule has 52 heteroatoms. The lowest BCUT2D eigenvalue weighted by atomic mass is 10.1. The molecule has 142 heavy (non-hydrogen) atoms. The van der Waals surface area contributed by atoms with Gasteiger partial charge in [-0.3, -0.25) is 74.9 Å². The van der Waals surface area contributed by atoms with Crippen LogP contribution in [0.15, 0.2) is 136 Å². The largest absolute Gasteiger partial charge is 0.423 e. The Kier molecular flexibility index (Phi) is 42.8. The topological polar surface area (TPSA) is 566 Å². The van der Waals surface area contributed by atoms with Gasteiger partial charge in [-0.25, -0.2) is 36.7 Å². The number of hydrogen-bond donors (Lipinski definition) is 12. The van der Waals surface area contributed by atoms with Crippen molar-refractivity contribution >= 4 is 35.2 Å². The van der Waals surface area contributed by atoms with Crippen LogP contribution in [-0.2, 0) is 71.7 Å². The van der Waals surface area contributed by atoms with Crippen molar-refractivity contribution < 1.29 is 137 Å². The minimum Gasteiger partial charge on any atom is -0.394 e. The summed E-state index contributed by atoms with van der Waals surface area (Å²) in [5.74, 6) is -5.83. The van der Waals surface area contributed by atoms with E-state index in [1.807, 2.05) is 0 Å². The number of hydrogen-bond acceptors (Lipinski definition) is 29. The first kappa shape index (κ1) is 115. The molecule has 0 radical (unpaired) electrons. The van der Waals surface area contributed by atoms with E-state index in [2.05, 4.69) is 21.3 Å². The van der Waals surface area contributed by atoms with E-state index in [1.165, 1.54) is 52.8 Å². The normalized spacial score (nSPS) is 19.7. The standard InChI is InChI=1S/C24H26F4N4O6.C22H25F4N3O7.C22H25FN4O7.C21H25ClFN3O7.CH4/c25-17-6-5-14(9-15(17)11-29)21(35)30-7-3-1-2-4-8-31-22(36)16(24(26,27)28)12-32(23(31)37)20-10-18(34)19(13-33)38-20;1-12-10-29(18-9-16(31)17(11-30)36-18)21(34)28(20(12)33)5-7-35-6-4-27-19(32)13-2-3-15(23)14(8-13)22(24,25)26;1-13-11-27(19-9-17(29)18(12-28)34-19)22(32)26(21(13)31)5-7-33-6-4-25-20(30)14-2-3-16(23)15(8-14)10-24;1-12-10-26(18-9-16(28)17(11-27)33-18)21(31)25(20(12)30)5-7-32-6-4-24-19(29)14-3-2-13(23)8-15(14)22;/h5-6,9,12,18-20,33-34H,1-4,7-8,10,13H2,(H,30,35);2-3,8,10,16-18,30-31H,4-7,9,11H2,1H3,(H,27,32);2-3,8,11,17-19,28-29H,4-7,9,12H2,1H3,(H,25,30);2-3,8,10,16-18,27-28H,4-7,9,11H2,1H3,(H,24,29);1H4/t18-,19+,20+;16-,17+,18+;17-,18+,19+;16-,17+,18+;/m0000./s1. The molecule has 0 bridgehead atoms. The second-order valence-corrected chi connectivity index (χ2v) is 32.6. The van der Waals surface area contributed by atoms with E-state index in [0.717, 1.165) is 60.7 Å². The van der Waals surface area contributed by atoms with Gasteiger partial charge in [-0.15, -0.1) is 0 Å². The minimum atomic E-state index is -5.03. The molecule has 0 spiro atoms. The van der Waals surface area contributed by atoms with Crippen molar-refractivity contribution in [1.82, 2.24) is 57.8 Å². The molecule has 8 heterocycles. The van der Waals surface area contributed by atoms with Gasteiger partial charge in [0.15, 0.2) is 0 Å². The van der Waals surface area contributed by atoms with Crippen LogP contribution in [0.4, 0.5) is 43.9 Å². The number of ether oxygens (including phenoxy) is 7. The zero-order chi connectivity index (χ0) is 104. The lowest BCUT2D eigenvalue weighted by Crippen LogP contribution is -2.44. The molecule has 774 valence electrons. The van der Waals surface area contributed by atoms with Crippen LogP contribution in [0.5, 0.6) is 0 Å². The van der Waals surface area contributed by atoms with Crippen LogP contribution in [0.25, 0.3) is 0 Å². The number of alkyl halides is 6.